The third-order valence-corrected chi connectivity index (χ3v) is 5.91. The molecule has 0 heterocycles. The molecule has 2 aromatic carbocycles. The van der Waals surface area contributed by atoms with Gasteiger partial charge in [0.05, 0.1) is 0 Å². The Hall–Kier alpha value is -2.22. The van der Waals surface area contributed by atoms with Crippen LogP contribution in [0.15, 0.2) is 42.0 Å². The van der Waals surface area contributed by atoms with Gasteiger partial charge in [0.1, 0.15) is 11.5 Å². The second kappa shape index (κ2) is 5.70. The molecule has 2 heteroatoms. The van der Waals surface area contributed by atoms with E-state index in [1.807, 2.05) is 24.3 Å². The van der Waals surface area contributed by atoms with Gasteiger partial charge in [-0.1, -0.05) is 44.1 Å². The van der Waals surface area contributed by atoms with E-state index in [9.17, 15) is 10.2 Å². The van der Waals surface area contributed by atoms with Gasteiger partial charge in [-0.05, 0) is 71.2 Å². The number of rotatable bonds is 2. The van der Waals surface area contributed by atoms with Gasteiger partial charge in [0.2, 0.25) is 0 Å². The molecule has 0 aromatic heterocycles. The van der Waals surface area contributed by atoms with Crippen LogP contribution in [0.25, 0.3) is 6.08 Å². The highest BCUT2D eigenvalue weighted by molar-refractivity contribution is 5.67. The smallest absolute Gasteiger partial charge is 0.116 e. The lowest BCUT2D eigenvalue weighted by Gasteiger charge is -2.44. The Morgan fingerprint density at radius 3 is 2.38 bits per heavy atom. The van der Waals surface area contributed by atoms with Gasteiger partial charge in [0, 0.05) is 5.92 Å². The molecule has 2 unspecified atom stereocenters. The quantitative estimate of drug-likeness (QED) is 0.782. The van der Waals surface area contributed by atoms with Crippen molar-refractivity contribution in [3.63, 3.8) is 0 Å². The lowest BCUT2D eigenvalue weighted by atomic mass is 9.60. The summed E-state index contributed by atoms with van der Waals surface area (Å²) in [6.07, 6.45) is 5.41. The maximum absolute atomic E-state index is 9.91. The summed E-state index contributed by atoms with van der Waals surface area (Å²) in [5.74, 6) is 2.12. The molecule has 124 valence electrons. The molecule has 2 nitrogen and oxygen atoms in total. The molecule has 24 heavy (non-hydrogen) atoms. The number of phenols is 2. The minimum atomic E-state index is 0.341. The molecule has 0 spiro atoms. The fourth-order valence-electron chi connectivity index (χ4n) is 4.81. The van der Waals surface area contributed by atoms with Crippen molar-refractivity contribution < 1.29 is 10.2 Å². The predicted octanol–water partition coefficient (Wildman–Crippen LogP) is 5.35. The second-order valence-electron chi connectivity index (χ2n) is 7.15. The fraction of sp³-hybridized carbons (Fsp3) is 0.364. The summed E-state index contributed by atoms with van der Waals surface area (Å²) >= 11 is 0. The van der Waals surface area contributed by atoms with Crippen LogP contribution in [0.4, 0.5) is 0 Å². The summed E-state index contributed by atoms with van der Waals surface area (Å²) in [5.41, 5.74) is 6.64. The zero-order chi connectivity index (χ0) is 16.8. The van der Waals surface area contributed by atoms with E-state index in [4.69, 9.17) is 0 Å². The Morgan fingerprint density at radius 1 is 0.958 bits per heavy atom. The Morgan fingerprint density at radius 2 is 1.67 bits per heavy atom. The van der Waals surface area contributed by atoms with Crippen LogP contribution >= 0.6 is 0 Å². The molecule has 0 aliphatic heterocycles. The van der Waals surface area contributed by atoms with Gasteiger partial charge in [-0.2, -0.15) is 0 Å². The molecular formula is C22H24O2. The molecule has 0 fully saturated rings. The van der Waals surface area contributed by atoms with Crippen LogP contribution in [0.3, 0.4) is 0 Å². The van der Waals surface area contributed by atoms with Crippen LogP contribution in [0.2, 0.25) is 0 Å². The Labute approximate surface area is 143 Å². The number of allylic oxidation sites excluding steroid dienone is 1. The number of hydrogen-bond acceptors (Lipinski definition) is 2. The summed E-state index contributed by atoms with van der Waals surface area (Å²) in [6, 6.07) is 11.7. The Kier molecular flexibility index (Phi) is 3.64. The van der Waals surface area contributed by atoms with E-state index in [-0.39, 0.29) is 0 Å². The molecule has 2 aromatic rings. The van der Waals surface area contributed by atoms with Crippen molar-refractivity contribution in [3.8, 4) is 11.5 Å². The van der Waals surface area contributed by atoms with E-state index >= 15 is 0 Å². The van der Waals surface area contributed by atoms with Crippen molar-refractivity contribution >= 4 is 6.08 Å². The zero-order valence-corrected chi connectivity index (χ0v) is 14.3. The Balaban J connectivity index is 1.95. The van der Waals surface area contributed by atoms with Crippen LogP contribution in [0.5, 0.6) is 11.5 Å². The molecule has 2 aliphatic rings. The van der Waals surface area contributed by atoms with Crippen LogP contribution in [-0.4, -0.2) is 10.2 Å². The second-order valence-corrected chi connectivity index (χ2v) is 7.15. The molecule has 2 N–H and O–H groups in total. The van der Waals surface area contributed by atoms with E-state index < -0.39 is 0 Å². The van der Waals surface area contributed by atoms with Crippen molar-refractivity contribution in [2.75, 3.05) is 0 Å². The van der Waals surface area contributed by atoms with Crippen molar-refractivity contribution in [1.29, 1.82) is 0 Å². The highest BCUT2D eigenvalue weighted by Gasteiger charge is 2.41. The molecule has 3 atom stereocenters. The van der Waals surface area contributed by atoms with Gasteiger partial charge in [0.25, 0.3) is 0 Å². The zero-order valence-electron chi connectivity index (χ0n) is 14.3. The van der Waals surface area contributed by atoms with Crippen molar-refractivity contribution in [3.05, 3.63) is 64.2 Å². The molecule has 4 rings (SSSR count). The standard InChI is InChI=1S/C22H24O2/c1-3-13-9-15-11-17(23)6-8-20(15)22-14(4-2)10-16-12-18(24)5-7-19(16)21(13)22/h5-9,11-12,14,21-24H,3-4,10H2,1-2H3/t14-,21?,22?/m1/s1. The van der Waals surface area contributed by atoms with E-state index in [2.05, 4.69) is 32.1 Å². The number of fused-ring (bicyclic) bond motifs is 5. The van der Waals surface area contributed by atoms with Gasteiger partial charge < -0.3 is 10.2 Å². The summed E-state index contributed by atoms with van der Waals surface area (Å²) in [6.45, 7) is 4.48. The lowest BCUT2D eigenvalue weighted by molar-refractivity contribution is 0.344. The first-order valence-corrected chi connectivity index (χ1v) is 8.97. The predicted molar refractivity (Wildman–Crippen MR) is 97.4 cm³/mol. The molecule has 0 amide bonds. The van der Waals surface area contributed by atoms with E-state index in [1.54, 1.807) is 0 Å². The largest absolute Gasteiger partial charge is 0.508 e. The van der Waals surface area contributed by atoms with Crippen LogP contribution in [0, 0.1) is 5.92 Å². The van der Waals surface area contributed by atoms with E-state index in [0.717, 1.165) is 19.3 Å². The van der Waals surface area contributed by atoms with Crippen LogP contribution in [0.1, 0.15) is 60.8 Å². The monoisotopic (exact) mass is 320 g/mol. The van der Waals surface area contributed by atoms with Crippen molar-refractivity contribution in [1.82, 2.24) is 0 Å². The van der Waals surface area contributed by atoms with Crippen molar-refractivity contribution in [2.24, 2.45) is 5.92 Å². The first-order chi connectivity index (χ1) is 11.6. The average Bonchev–Trinajstić information content (AvgIpc) is 2.59. The fourth-order valence-corrected chi connectivity index (χ4v) is 4.81. The molecule has 0 bridgehead atoms. The molecule has 0 saturated heterocycles. The maximum Gasteiger partial charge on any atom is 0.116 e. The normalized spacial score (nSPS) is 24.6. The molecule has 2 aliphatic carbocycles. The lowest BCUT2D eigenvalue weighted by Crippen LogP contribution is -2.31. The first kappa shape index (κ1) is 15.3. The third-order valence-electron chi connectivity index (χ3n) is 5.91. The van der Waals surface area contributed by atoms with Crippen molar-refractivity contribution in [2.45, 2.75) is 44.9 Å². The SMILES string of the molecule is CCC1=Cc2cc(O)ccc2C2C1c1ccc(O)cc1C[C@H]2CC. The molecular weight excluding hydrogens is 296 g/mol. The summed E-state index contributed by atoms with van der Waals surface area (Å²) in [4.78, 5) is 0. The highest BCUT2D eigenvalue weighted by atomic mass is 16.3. The maximum atomic E-state index is 9.91. The van der Waals surface area contributed by atoms with Gasteiger partial charge in [0.15, 0.2) is 0 Å². The first-order valence-electron chi connectivity index (χ1n) is 8.97. The van der Waals surface area contributed by atoms with Gasteiger partial charge in [-0.3, -0.25) is 0 Å². The minimum absolute atomic E-state index is 0.341. The van der Waals surface area contributed by atoms with Crippen LogP contribution < -0.4 is 0 Å². The van der Waals surface area contributed by atoms with Gasteiger partial charge in [-0.25, -0.2) is 0 Å². The number of aromatic hydroxyl groups is 2. The topological polar surface area (TPSA) is 40.5 Å². The summed E-state index contributed by atoms with van der Waals surface area (Å²) in [7, 11) is 0. The molecule has 0 saturated carbocycles. The highest BCUT2D eigenvalue weighted by Crippen LogP contribution is 2.55. The number of benzene rings is 2. The summed E-state index contributed by atoms with van der Waals surface area (Å²) in [5, 5.41) is 19.8. The van der Waals surface area contributed by atoms with Gasteiger partial charge in [-0.15, -0.1) is 0 Å². The minimum Gasteiger partial charge on any atom is -0.508 e. The summed E-state index contributed by atoms with van der Waals surface area (Å²) < 4.78 is 0. The van der Waals surface area contributed by atoms with E-state index in [0.29, 0.717) is 29.3 Å². The van der Waals surface area contributed by atoms with Crippen LogP contribution in [-0.2, 0) is 6.42 Å². The van der Waals surface area contributed by atoms with E-state index in [1.165, 1.54) is 27.8 Å². The average molecular weight is 320 g/mol. The van der Waals surface area contributed by atoms with Gasteiger partial charge >= 0.3 is 0 Å². The Bertz CT molecular complexity index is 819. The molecule has 0 radical (unpaired) electrons. The number of phenolic OH excluding ortho intramolecular Hbond substituents is 2. The third kappa shape index (κ3) is 2.24. The number of hydrogen-bond donors (Lipinski definition) is 2.